The molecule has 14 heavy (non-hydrogen) atoms. The van der Waals surface area contributed by atoms with Gasteiger partial charge in [0.15, 0.2) is 0 Å². The van der Waals surface area contributed by atoms with Gasteiger partial charge in [-0.2, -0.15) is 11.8 Å². The highest BCUT2D eigenvalue weighted by Gasteiger charge is 2.18. The van der Waals surface area contributed by atoms with E-state index >= 15 is 0 Å². The Morgan fingerprint density at radius 2 is 2.14 bits per heavy atom. The molecule has 1 aliphatic heterocycles. The van der Waals surface area contributed by atoms with Crippen molar-refractivity contribution in [2.45, 2.75) is 59.0 Å². The van der Waals surface area contributed by atoms with E-state index < -0.39 is 0 Å². The van der Waals surface area contributed by atoms with E-state index in [0.717, 1.165) is 6.04 Å². The van der Waals surface area contributed by atoms with Gasteiger partial charge in [-0.3, -0.25) is 0 Å². The summed E-state index contributed by atoms with van der Waals surface area (Å²) in [5.74, 6) is 2.67. The van der Waals surface area contributed by atoms with E-state index in [9.17, 15) is 0 Å². The predicted octanol–water partition coefficient (Wildman–Crippen LogP) is 3.30. The van der Waals surface area contributed by atoms with Crippen LogP contribution in [0.5, 0.6) is 0 Å². The highest BCUT2D eigenvalue weighted by Crippen LogP contribution is 2.23. The standard InChI is InChI=1S/C12H25NS/c1-10(5-7-12(2,3)4)13-11-6-8-14-9-11/h10-11,13H,5-9H2,1-4H3. The minimum Gasteiger partial charge on any atom is -0.311 e. The Hall–Kier alpha value is 0.310. The first-order valence-electron chi connectivity index (χ1n) is 5.81. The highest BCUT2D eigenvalue weighted by molar-refractivity contribution is 7.99. The van der Waals surface area contributed by atoms with E-state index in [2.05, 4.69) is 44.8 Å². The lowest BCUT2D eigenvalue weighted by atomic mass is 9.89. The third-order valence-electron chi connectivity index (χ3n) is 2.78. The van der Waals surface area contributed by atoms with Gasteiger partial charge < -0.3 is 5.32 Å². The van der Waals surface area contributed by atoms with Crippen LogP contribution < -0.4 is 5.32 Å². The summed E-state index contributed by atoms with van der Waals surface area (Å²) < 4.78 is 0. The van der Waals surface area contributed by atoms with Gasteiger partial charge in [0.05, 0.1) is 0 Å². The minimum absolute atomic E-state index is 0.486. The lowest BCUT2D eigenvalue weighted by Gasteiger charge is -2.23. The largest absolute Gasteiger partial charge is 0.311 e. The molecule has 0 amide bonds. The second kappa shape index (κ2) is 5.41. The van der Waals surface area contributed by atoms with Crippen molar-refractivity contribution >= 4 is 11.8 Å². The van der Waals surface area contributed by atoms with Gasteiger partial charge in [0.2, 0.25) is 0 Å². The molecule has 1 fully saturated rings. The van der Waals surface area contributed by atoms with Gasteiger partial charge in [-0.1, -0.05) is 20.8 Å². The van der Waals surface area contributed by atoms with Crippen molar-refractivity contribution in [2.24, 2.45) is 5.41 Å². The molecule has 0 aromatic rings. The summed E-state index contributed by atoms with van der Waals surface area (Å²) >= 11 is 2.09. The first-order valence-corrected chi connectivity index (χ1v) is 6.97. The van der Waals surface area contributed by atoms with Crippen LogP contribution in [0.15, 0.2) is 0 Å². The summed E-state index contributed by atoms with van der Waals surface area (Å²) in [4.78, 5) is 0. The summed E-state index contributed by atoms with van der Waals surface area (Å²) in [7, 11) is 0. The average molecular weight is 215 g/mol. The average Bonchev–Trinajstić information content (AvgIpc) is 2.52. The number of nitrogens with one attached hydrogen (secondary N) is 1. The monoisotopic (exact) mass is 215 g/mol. The molecule has 0 aromatic carbocycles. The molecule has 1 nitrogen and oxygen atoms in total. The molecule has 0 bridgehead atoms. The molecule has 1 aliphatic rings. The zero-order chi connectivity index (χ0) is 10.6. The van der Waals surface area contributed by atoms with Crippen molar-refractivity contribution in [3.8, 4) is 0 Å². The number of hydrogen-bond acceptors (Lipinski definition) is 2. The maximum absolute atomic E-state index is 3.73. The van der Waals surface area contributed by atoms with Crippen molar-refractivity contribution in [3.63, 3.8) is 0 Å². The summed E-state index contributed by atoms with van der Waals surface area (Å²) in [5.41, 5.74) is 0.486. The number of hydrogen-bond donors (Lipinski definition) is 1. The Morgan fingerprint density at radius 3 is 2.64 bits per heavy atom. The lowest BCUT2D eigenvalue weighted by molar-refractivity contribution is 0.327. The van der Waals surface area contributed by atoms with Crippen LogP contribution in [0, 0.1) is 5.41 Å². The van der Waals surface area contributed by atoms with E-state index in [1.807, 2.05) is 0 Å². The van der Waals surface area contributed by atoms with Crippen molar-refractivity contribution in [1.82, 2.24) is 5.32 Å². The molecule has 1 heterocycles. The predicted molar refractivity (Wildman–Crippen MR) is 67.0 cm³/mol. The van der Waals surface area contributed by atoms with E-state index in [0.29, 0.717) is 11.5 Å². The fourth-order valence-electron chi connectivity index (χ4n) is 1.80. The summed E-state index contributed by atoms with van der Waals surface area (Å²) in [6.07, 6.45) is 4.00. The molecular weight excluding hydrogens is 190 g/mol. The third-order valence-corrected chi connectivity index (χ3v) is 3.94. The van der Waals surface area contributed by atoms with Crippen molar-refractivity contribution in [3.05, 3.63) is 0 Å². The molecule has 2 unspecified atom stereocenters. The van der Waals surface area contributed by atoms with Gasteiger partial charge in [-0.05, 0) is 37.4 Å². The van der Waals surface area contributed by atoms with Crippen molar-refractivity contribution < 1.29 is 0 Å². The molecule has 0 aromatic heterocycles. The smallest absolute Gasteiger partial charge is 0.0168 e. The number of rotatable bonds is 4. The Balaban J connectivity index is 2.12. The van der Waals surface area contributed by atoms with E-state index in [4.69, 9.17) is 0 Å². The van der Waals surface area contributed by atoms with E-state index in [1.54, 1.807) is 0 Å². The van der Waals surface area contributed by atoms with Crippen LogP contribution in [0.3, 0.4) is 0 Å². The third kappa shape index (κ3) is 5.26. The fourth-order valence-corrected chi connectivity index (χ4v) is 2.97. The van der Waals surface area contributed by atoms with Gasteiger partial charge in [-0.25, -0.2) is 0 Å². The first kappa shape index (κ1) is 12.4. The topological polar surface area (TPSA) is 12.0 Å². The number of thioether (sulfide) groups is 1. The Labute approximate surface area is 93.4 Å². The molecule has 84 valence electrons. The van der Waals surface area contributed by atoms with Crippen LogP contribution in [0.25, 0.3) is 0 Å². The highest BCUT2D eigenvalue weighted by atomic mass is 32.2. The van der Waals surface area contributed by atoms with Crippen molar-refractivity contribution in [2.75, 3.05) is 11.5 Å². The molecular formula is C12H25NS. The van der Waals surface area contributed by atoms with Gasteiger partial charge in [0.25, 0.3) is 0 Å². The maximum Gasteiger partial charge on any atom is 0.0168 e. The minimum atomic E-state index is 0.486. The van der Waals surface area contributed by atoms with Crippen LogP contribution in [0.4, 0.5) is 0 Å². The lowest BCUT2D eigenvalue weighted by Crippen LogP contribution is -2.36. The molecule has 2 atom stereocenters. The summed E-state index contributed by atoms with van der Waals surface area (Å²) in [6, 6.07) is 1.48. The normalized spacial score (nSPS) is 25.3. The quantitative estimate of drug-likeness (QED) is 0.772. The maximum atomic E-state index is 3.73. The Kier molecular flexibility index (Phi) is 4.78. The summed E-state index contributed by atoms with van der Waals surface area (Å²) in [6.45, 7) is 9.30. The first-order chi connectivity index (χ1) is 6.47. The molecule has 2 heteroatoms. The Morgan fingerprint density at radius 1 is 1.43 bits per heavy atom. The SMILES string of the molecule is CC(CCC(C)(C)C)NC1CCSC1. The zero-order valence-electron chi connectivity index (χ0n) is 10.1. The molecule has 0 aliphatic carbocycles. The molecule has 0 spiro atoms. The molecule has 0 saturated carbocycles. The van der Waals surface area contributed by atoms with Gasteiger partial charge in [0, 0.05) is 17.8 Å². The second-order valence-electron chi connectivity index (χ2n) is 5.73. The van der Waals surface area contributed by atoms with E-state index in [-0.39, 0.29) is 0 Å². The van der Waals surface area contributed by atoms with Crippen LogP contribution in [-0.4, -0.2) is 23.6 Å². The molecule has 1 rings (SSSR count). The van der Waals surface area contributed by atoms with Crippen LogP contribution in [-0.2, 0) is 0 Å². The van der Waals surface area contributed by atoms with Crippen LogP contribution in [0.1, 0.15) is 47.0 Å². The van der Waals surface area contributed by atoms with Crippen LogP contribution in [0.2, 0.25) is 0 Å². The van der Waals surface area contributed by atoms with Gasteiger partial charge >= 0.3 is 0 Å². The van der Waals surface area contributed by atoms with Crippen molar-refractivity contribution in [1.29, 1.82) is 0 Å². The summed E-state index contributed by atoms with van der Waals surface area (Å²) in [5, 5.41) is 3.73. The Bertz CT molecular complexity index is 156. The van der Waals surface area contributed by atoms with Gasteiger partial charge in [-0.15, -0.1) is 0 Å². The van der Waals surface area contributed by atoms with Gasteiger partial charge in [0.1, 0.15) is 0 Å². The molecule has 1 N–H and O–H groups in total. The molecule has 0 radical (unpaired) electrons. The molecule has 1 saturated heterocycles. The van der Waals surface area contributed by atoms with Crippen LogP contribution >= 0.6 is 11.8 Å². The fraction of sp³-hybridized carbons (Fsp3) is 1.00. The zero-order valence-corrected chi connectivity index (χ0v) is 10.9. The van der Waals surface area contributed by atoms with E-state index in [1.165, 1.54) is 30.8 Å². The second-order valence-corrected chi connectivity index (χ2v) is 6.88.